The third-order valence-corrected chi connectivity index (χ3v) is 7.91. The molecule has 1 unspecified atom stereocenters. The monoisotopic (exact) mass is 552 g/mol. The molecule has 1 aliphatic carbocycles. The van der Waals surface area contributed by atoms with Gasteiger partial charge in [0.15, 0.2) is 6.61 Å². The molecule has 3 aromatic rings. The van der Waals surface area contributed by atoms with Gasteiger partial charge in [0.2, 0.25) is 5.91 Å². The maximum absolute atomic E-state index is 13.8. The van der Waals surface area contributed by atoms with E-state index in [1.165, 1.54) is 0 Å². The predicted molar refractivity (Wildman–Crippen MR) is 153 cm³/mol. The Kier molecular flexibility index (Phi) is 9.70. The van der Waals surface area contributed by atoms with Crippen LogP contribution in [-0.2, 0) is 22.6 Å². The summed E-state index contributed by atoms with van der Waals surface area (Å²) in [7, 11) is 0. The van der Waals surface area contributed by atoms with Crippen molar-refractivity contribution in [3.8, 4) is 5.75 Å². The minimum absolute atomic E-state index is 0.0865. The van der Waals surface area contributed by atoms with Crippen molar-refractivity contribution in [1.29, 1.82) is 0 Å². The van der Waals surface area contributed by atoms with Crippen LogP contribution in [-0.4, -0.2) is 35.4 Å². The summed E-state index contributed by atoms with van der Waals surface area (Å²) in [5.41, 5.74) is 3.78. The van der Waals surface area contributed by atoms with Gasteiger partial charge in [-0.15, -0.1) is 0 Å². The van der Waals surface area contributed by atoms with Crippen LogP contribution >= 0.6 is 23.2 Å². The summed E-state index contributed by atoms with van der Waals surface area (Å²) in [6, 6.07) is 20.0. The second-order valence-corrected chi connectivity index (χ2v) is 10.8. The van der Waals surface area contributed by atoms with E-state index in [1.807, 2.05) is 62.4 Å². The molecule has 1 saturated carbocycles. The number of rotatable bonds is 10. The number of amides is 2. The highest BCUT2D eigenvalue weighted by Gasteiger charge is 2.33. The van der Waals surface area contributed by atoms with Gasteiger partial charge >= 0.3 is 0 Å². The molecule has 38 heavy (non-hydrogen) atoms. The van der Waals surface area contributed by atoms with Crippen molar-refractivity contribution < 1.29 is 14.3 Å². The first-order valence-electron chi connectivity index (χ1n) is 13.1. The Morgan fingerprint density at radius 1 is 0.947 bits per heavy atom. The first-order valence-corrected chi connectivity index (χ1v) is 13.8. The lowest BCUT2D eigenvalue weighted by molar-refractivity contribution is -0.143. The minimum Gasteiger partial charge on any atom is -0.484 e. The molecule has 1 atom stereocenters. The highest BCUT2D eigenvalue weighted by atomic mass is 35.5. The Labute approximate surface area is 235 Å². The molecule has 4 rings (SSSR count). The van der Waals surface area contributed by atoms with Crippen molar-refractivity contribution in [2.45, 2.75) is 64.6 Å². The van der Waals surface area contributed by atoms with E-state index in [-0.39, 0.29) is 31.0 Å². The molecule has 0 radical (unpaired) electrons. The third-order valence-electron chi connectivity index (χ3n) is 7.20. The molecule has 0 heterocycles. The normalized spacial score (nSPS) is 14.2. The molecule has 3 aromatic carbocycles. The van der Waals surface area contributed by atoms with E-state index in [9.17, 15) is 9.59 Å². The van der Waals surface area contributed by atoms with Gasteiger partial charge in [-0.25, -0.2) is 0 Å². The zero-order valence-corrected chi connectivity index (χ0v) is 23.4. The fourth-order valence-corrected chi connectivity index (χ4v) is 5.32. The topological polar surface area (TPSA) is 58.6 Å². The molecule has 2 amide bonds. The van der Waals surface area contributed by atoms with Crippen molar-refractivity contribution in [3.63, 3.8) is 0 Å². The van der Waals surface area contributed by atoms with E-state index in [1.54, 1.807) is 23.1 Å². The van der Waals surface area contributed by atoms with Crippen molar-refractivity contribution in [2.24, 2.45) is 0 Å². The second-order valence-electron chi connectivity index (χ2n) is 9.95. The highest BCUT2D eigenvalue weighted by Crippen LogP contribution is 2.28. The third kappa shape index (κ3) is 7.30. The molecule has 0 bridgehead atoms. The van der Waals surface area contributed by atoms with Gasteiger partial charge in [0.25, 0.3) is 5.91 Å². The number of carbonyl (C=O) groups is 2. The molecule has 200 valence electrons. The number of aryl methyl sites for hydroxylation is 2. The summed E-state index contributed by atoms with van der Waals surface area (Å²) in [6.45, 7) is 3.89. The number of nitrogens with one attached hydrogen (secondary N) is 1. The van der Waals surface area contributed by atoms with Crippen LogP contribution in [0, 0.1) is 13.8 Å². The van der Waals surface area contributed by atoms with Gasteiger partial charge in [0, 0.05) is 34.6 Å². The molecule has 0 saturated heterocycles. The zero-order valence-electron chi connectivity index (χ0n) is 21.9. The Balaban J connectivity index is 1.65. The van der Waals surface area contributed by atoms with Crippen LogP contribution in [0.3, 0.4) is 0 Å². The second kappa shape index (κ2) is 13.2. The summed E-state index contributed by atoms with van der Waals surface area (Å²) >= 11 is 13.0. The Bertz CT molecular complexity index is 1240. The Morgan fingerprint density at radius 3 is 2.29 bits per heavy atom. The molecule has 7 heteroatoms. The van der Waals surface area contributed by atoms with E-state index < -0.39 is 6.04 Å². The molecular weight excluding hydrogens is 519 g/mol. The van der Waals surface area contributed by atoms with Crippen molar-refractivity contribution >= 4 is 35.0 Å². The summed E-state index contributed by atoms with van der Waals surface area (Å²) in [4.78, 5) is 29.1. The van der Waals surface area contributed by atoms with Gasteiger partial charge in [0.1, 0.15) is 11.8 Å². The molecular formula is C31H34Cl2N2O3. The molecule has 1 aliphatic rings. The zero-order chi connectivity index (χ0) is 27.1. The van der Waals surface area contributed by atoms with E-state index in [0.717, 1.165) is 42.4 Å². The lowest BCUT2D eigenvalue weighted by atomic mass is 10.0. The van der Waals surface area contributed by atoms with Crippen LogP contribution in [0.4, 0.5) is 0 Å². The lowest BCUT2D eigenvalue weighted by Crippen LogP contribution is -2.53. The smallest absolute Gasteiger partial charge is 0.261 e. The predicted octanol–water partition coefficient (Wildman–Crippen LogP) is 6.69. The molecule has 0 aliphatic heterocycles. The average Bonchev–Trinajstić information content (AvgIpc) is 3.41. The maximum Gasteiger partial charge on any atom is 0.261 e. The first-order chi connectivity index (χ1) is 18.3. The minimum atomic E-state index is -0.763. The van der Waals surface area contributed by atoms with Crippen LogP contribution < -0.4 is 10.1 Å². The van der Waals surface area contributed by atoms with Gasteiger partial charge in [-0.2, -0.15) is 0 Å². The summed E-state index contributed by atoms with van der Waals surface area (Å²) in [5.74, 6) is 0.109. The maximum atomic E-state index is 13.8. The van der Waals surface area contributed by atoms with Crippen molar-refractivity contribution in [3.05, 3.63) is 99.0 Å². The van der Waals surface area contributed by atoms with E-state index in [4.69, 9.17) is 27.9 Å². The molecule has 1 N–H and O–H groups in total. The molecule has 0 aromatic heterocycles. The van der Waals surface area contributed by atoms with Crippen molar-refractivity contribution in [2.75, 3.05) is 6.61 Å². The van der Waals surface area contributed by atoms with Crippen LogP contribution in [0.1, 0.15) is 47.9 Å². The standard InChI is InChI=1S/C31H34Cl2N2O3/c1-21-15-16-25(17-22(21)2)38-20-30(36)35(19-26-27(32)13-8-14-28(26)33)29(18-23-9-4-3-5-10-23)31(37)34-24-11-6-7-12-24/h3-5,8-10,13-17,24,29H,6-7,11-12,18-20H2,1-2H3,(H,34,37). The number of hydrogen-bond acceptors (Lipinski definition) is 3. The van der Waals surface area contributed by atoms with E-state index >= 15 is 0 Å². The van der Waals surface area contributed by atoms with E-state index in [2.05, 4.69) is 5.32 Å². The van der Waals surface area contributed by atoms with Gasteiger partial charge in [0.05, 0.1) is 0 Å². The Morgan fingerprint density at radius 2 is 1.63 bits per heavy atom. The van der Waals surface area contributed by atoms with Crippen LogP contribution in [0.15, 0.2) is 66.7 Å². The Hall–Kier alpha value is -3.02. The summed E-state index contributed by atoms with van der Waals surface area (Å²) < 4.78 is 5.91. The highest BCUT2D eigenvalue weighted by molar-refractivity contribution is 6.36. The number of nitrogens with zero attached hydrogens (tertiary/aromatic N) is 1. The molecule has 0 spiro atoms. The fourth-order valence-electron chi connectivity index (χ4n) is 4.81. The van der Waals surface area contributed by atoms with Gasteiger partial charge in [-0.05, 0) is 67.6 Å². The number of halogens is 2. The number of ether oxygens (including phenoxy) is 1. The first kappa shape index (κ1) is 28.0. The largest absolute Gasteiger partial charge is 0.484 e. The molecule has 1 fully saturated rings. The van der Waals surface area contributed by atoms with Gasteiger partial charge in [-0.3, -0.25) is 9.59 Å². The summed E-state index contributed by atoms with van der Waals surface area (Å²) in [5, 5.41) is 4.09. The quantitative estimate of drug-likeness (QED) is 0.305. The number of benzene rings is 3. The average molecular weight is 554 g/mol. The SMILES string of the molecule is Cc1ccc(OCC(=O)N(Cc2c(Cl)cccc2Cl)C(Cc2ccccc2)C(=O)NC2CCCC2)cc1C. The van der Waals surface area contributed by atoms with Gasteiger partial charge < -0.3 is 15.0 Å². The number of hydrogen-bond donors (Lipinski definition) is 1. The molecule has 5 nitrogen and oxygen atoms in total. The fraction of sp³-hybridized carbons (Fsp3) is 0.355. The number of carbonyl (C=O) groups excluding carboxylic acids is 2. The lowest BCUT2D eigenvalue weighted by Gasteiger charge is -2.32. The van der Waals surface area contributed by atoms with Crippen LogP contribution in [0.2, 0.25) is 10.0 Å². The van der Waals surface area contributed by atoms with Gasteiger partial charge in [-0.1, -0.05) is 78.5 Å². The van der Waals surface area contributed by atoms with E-state index in [0.29, 0.717) is 27.8 Å². The summed E-state index contributed by atoms with van der Waals surface area (Å²) in [6.07, 6.45) is 4.44. The van der Waals surface area contributed by atoms with Crippen molar-refractivity contribution in [1.82, 2.24) is 10.2 Å². The van der Waals surface area contributed by atoms with Crippen LogP contribution in [0.5, 0.6) is 5.75 Å². The van der Waals surface area contributed by atoms with Crippen LogP contribution in [0.25, 0.3) is 0 Å².